The summed E-state index contributed by atoms with van der Waals surface area (Å²) < 4.78 is 4.77. The van der Waals surface area contributed by atoms with E-state index < -0.39 is 18.1 Å². The molecule has 1 aliphatic rings. The van der Waals surface area contributed by atoms with Gasteiger partial charge in [-0.05, 0) is 0 Å². The number of nitrogens with zero attached hydrogens (tertiary/aromatic N) is 2. The number of aliphatic hydroxyl groups is 1. The zero-order valence-electron chi connectivity index (χ0n) is 10.4. The minimum Gasteiger partial charge on any atom is -0.480 e. The fourth-order valence-corrected chi connectivity index (χ4v) is 2.83. The highest BCUT2D eigenvalue weighted by Crippen LogP contribution is 2.22. The van der Waals surface area contributed by atoms with Crippen molar-refractivity contribution in [3.8, 4) is 0 Å². The number of carbonyl (C=O) groups excluding carboxylic acids is 1. The van der Waals surface area contributed by atoms with Crippen molar-refractivity contribution < 1.29 is 24.5 Å². The van der Waals surface area contributed by atoms with Gasteiger partial charge in [0.2, 0.25) is 0 Å². The molecule has 0 radical (unpaired) electrons. The van der Waals surface area contributed by atoms with Gasteiger partial charge in [-0.2, -0.15) is 0 Å². The molecule has 0 aliphatic carbocycles. The van der Waals surface area contributed by atoms with Gasteiger partial charge in [-0.25, -0.2) is 9.59 Å². The van der Waals surface area contributed by atoms with E-state index in [1.165, 1.54) is 35.7 Å². The van der Waals surface area contributed by atoms with Crippen molar-refractivity contribution in [3.63, 3.8) is 0 Å². The molecule has 18 heavy (non-hydrogen) atoms. The van der Waals surface area contributed by atoms with Crippen molar-refractivity contribution >= 4 is 23.8 Å². The number of carboxylic acids is 1. The van der Waals surface area contributed by atoms with Crippen LogP contribution in [0, 0.1) is 0 Å². The summed E-state index contributed by atoms with van der Waals surface area (Å²) in [6.45, 7) is 0.245. The number of amides is 2. The number of carbonyl (C=O) groups is 2. The molecule has 2 atom stereocenters. The van der Waals surface area contributed by atoms with Crippen molar-refractivity contribution in [3.05, 3.63) is 0 Å². The molecule has 0 saturated carbocycles. The maximum absolute atomic E-state index is 12.0. The fourth-order valence-electron chi connectivity index (χ4n) is 1.69. The molecule has 2 amide bonds. The van der Waals surface area contributed by atoms with E-state index in [4.69, 9.17) is 9.84 Å². The average molecular weight is 278 g/mol. The van der Waals surface area contributed by atoms with Crippen LogP contribution in [0.5, 0.6) is 0 Å². The maximum Gasteiger partial charge on any atom is 0.327 e. The largest absolute Gasteiger partial charge is 0.480 e. The van der Waals surface area contributed by atoms with Crippen LogP contribution in [0.3, 0.4) is 0 Å². The second-order valence-electron chi connectivity index (χ2n) is 4.10. The average Bonchev–Trinajstić information content (AvgIpc) is 2.76. The fraction of sp³-hybridized carbons (Fsp3) is 0.800. The molecule has 1 rings (SSSR count). The Kier molecular flexibility index (Phi) is 5.70. The number of hydrogen-bond donors (Lipinski definition) is 2. The molecule has 8 heteroatoms. The summed E-state index contributed by atoms with van der Waals surface area (Å²) in [4.78, 5) is 25.6. The second kappa shape index (κ2) is 6.81. The zero-order chi connectivity index (χ0) is 13.7. The number of likely N-dealkylation sites (N-methyl/N-ethyl adjacent to an activating group) is 1. The standard InChI is InChI=1S/C10H18N2O5S/c1-11(3-7(13)4-17-2)10(16)12-6-18-5-8(12)9(14)15/h7-8,13H,3-6H2,1-2H3,(H,14,15). The Morgan fingerprint density at radius 1 is 1.61 bits per heavy atom. The van der Waals surface area contributed by atoms with E-state index in [1.807, 2.05) is 0 Å². The number of ether oxygens (including phenoxy) is 1. The number of carboxylic acid groups (broad SMARTS) is 1. The van der Waals surface area contributed by atoms with E-state index >= 15 is 0 Å². The lowest BCUT2D eigenvalue weighted by molar-refractivity contribution is -0.140. The lowest BCUT2D eigenvalue weighted by atomic mass is 10.3. The summed E-state index contributed by atoms with van der Waals surface area (Å²) in [6, 6.07) is -1.17. The summed E-state index contributed by atoms with van der Waals surface area (Å²) in [5.41, 5.74) is 0. The van der Waals surface area contributed by atoms with Gasteiger partial charge >= 0.3 is 12.0 Å². The first kappa shape index (κ1) is 15.1. The highest BCUT2D eigenvalue weighted by atomic mass is 32.2. The quantitative estimate of drug-likeness (QED) is 0.705. The highest BCUT2D eigenvalue weighted by Gasteiger charge is 2.36. The third kappa shape index (κ3) is 3.76. The Hall–Kier alpha value is -0.990. The lowest BCUT2D eigenvalue weighted by Gasteiger charge is -2.28. The third-order valence-electron chi connectivity index (χ3n) is 2.58. The Morgan fingerprint density at radius 3 is 2.83 bits per heavy atom. The lowest BCUT2D eigenvalue weighted by Crippen LogP contribution is -2.49. The van der Waals surface area contributed by atoms with Gasteiger partial charge in [-0.1, -0.05) is 0 Å². The Bertz CT molecular complexity index is 315. The molecule has 0 aromatic carbocycles. The molecule has 1 fully saturated rings. The third-order valence-corrected chi connectivity index (χ3v) is 3.60. The Morgan fingerprint density at radius 2 is 2.28 bits per heavy atom. The summed E-state index contributed by atoms with van der Waals surface area (Å²) in [5, 5.41) is 18.5. The van der Waals surface area contributed by atoms with Crippen LogP contribution in [0.2, 0.25) is 0 Å². The van der Waals surface area contributed by atoms with Crippen molar-refractivity contribution in [2.75, 3.05) is 38.9 Å². The number of methoxy groups -OCH3 is 1. The first-order valence-electron chi connectivity index (χ1n) is 5.46. The molecular weight excluding hydrogens is 260 g/mol. The van der Waals surface area contributed by atoms with Crippen LogP contribution < -0.4 is 0 Å². The molecule has 2 unspecified atom stereocenters. The van der Waals surface area contributed by atoms with Gasteiger partial charge in [0.05, 0.1) is 25.1 Å². The molecular formula is C10H18N2O5S. The van der Waals surface area contributed by atoms with Crippen LogP contribution in [0.4, 0.5) is 4.79 Å². The number of urea groups is 1. The van der Waals surface area contributed by atoms with Crippen molar-refractivity contribution in [2.45, 2.75) is 12.1 Å². The smallest absolute Gasteiger partial charge is 0.327 e. The van der Waals surface area contributed by atoms with Crippen LogP contribution in [0.25, 0.3) is 0 Å². The van der Waals surface area contributed by atoms with Gasteiger partial charge in [-0.15, -0.1) is 11.8 Å². The Labute approximate surface area is 110 Å². The van der Waals surface area contributed by atoms with E-state index in [9.17, 15) is 14.7 Å². The van der Waals surface area contributed by atoms with Crippen LogP contribution in [-0.4, -0.2) is 83.1 Å². The highest BCUT2D eigenvalue weighted by molar-refractivity contribution is 7.99. The molecule has 2 N–H and O–H groups in total. The summed E-state index contributed by atoms with van der Waals surface area (Å²) in [5.74, 6) is -0.241. The van der Waals surface area contributed by atoms with Gasteiger partial charge < -0.3 is 24.7 Å². The van der Waals surface area contributed by atoms with Gasteiger partial charge in [0.1, 0.15) is 6.04 Å². The number of rotatable bonds is 5. The molecule has 1 heterocycles. The minimum atomic E-state index is -1.00. The van der Waals surface area contributed by atoms with E-state index in [2.05, 4.69) is 0 Å². The first-order chi connectivity index (χ1) is 8.47. The van der Waals surface area contributed by atoms with Crippen LogP contribution in [-0.2, 0) is 9.53 Å². The van der Waals surface area contributed by atoms with E-state index in [1.54, 1.807) is 0 Å². The predicted octanol–water partition coefficient (Wildman–Crippen LogP) is -0.495. The molecule has 0 aromatic heterocycles. The molecule has 0 spiro atoms. The molecule has 1 saturated heterocycles. The predicted molar refractivity (Wildman–Crippen MR) is 66.5 cm³/mol. The summed E-state index contributed by atoms with van der Waals surface area (Å²) >= 11 is 1.40. The zero-order valence-corrected chi connectivity index (χ0v) is 11.2. The van der Waals surface area contributed by atoms with E-state index in [0.29, 0.717) is 11.6 Å². The van der Waals surface area contributed by atoms with E-state index in [-0.39, 0.29) is 19.2 Å². The normalized spacial score (nSPS) is 20.8. The number of thioether (sulfide) groups is 1. The molecule has 104 valence electrons. The first-order valence-corrected chi connectivity index (χ1v) is 6.62. The van der Waals surface area contributed by atoms with Crippen LogP contribution in [0.1, 0.15) is 0 Å². The van der Waals surface area contributed by atoms with Gasteiger partial charge in [0, 0.05) is 19.9 Å². The van der Waals surface area contributed by atoms with Gasteiger partial charge in [-0.3, -0.25) is 0 Å². The van der Waals surface area contributed by atoms with Gasteiger partial charge in [0.25, 0.3) is 0 Å². The van der Waals surface area contributed by atoms with Crippen LogP contribution >= 0.6 is 11.8 Å². The minimum absolute atomic E-state index is 0.111. The van der Waals surface area contributed by atoms with E-state index in [0.717, 1.165) is 0 Å². The van der Waals surface area contributed by atoms with Gasteiger partial charge in [0.15, 0.2) is 0 Å². The number of hydrogen-bond acceptors (Lipinski definition) is 5. The number of aliphatic hydroxyl groups excluding tert-OH is 1. The SMILES string of the molecule is COCC(O)CN(C)C(=O)N1CSCC1C(=O)O. The molecule has 7 nitrogen and oxygen atoms in total. The monoisotopic (exact) mass is 278 g/mol. The molecule has 0 bridgehead atoms. The van der Waals surface area contributed by atoms with Crippen molar-refractivity contribution in [2.24, 2.45) is 0 Å². The summed E-state index contributed by atoms with van der Waals surface area (Å²) in [7, 11) is 2.99. The molecule has 0 aromatic rings. The van der Waals surface area contributed by atoms with Crippen molar-refractivity contribution in [1.82, 2.24) is 9.80 Å². The topological polar surface area (TPSA) is 90.3 Å². The number of aliphatic carboxylic acids is 1. The molecule has 1 aliphatic heterocycles. The van der Waals surface area contributed by atoms with Crippen molar-refractivity contribution in [1.29, 1.82) is 0 Å². The maximum atomic E-state index is 12.0. The van der Waals surface area contributed by atoms with Crippen LogP contribution in [0.15, 0.2) is 0 Å². The summed E-state index contributed by atoms with van der Waals surface area (Å²) in [6.07, 6.45) is -0.775. The Balaban J connectivity index is 2.55. The second-order valence-corrected chi connectivity index (χ2v) is 5.10.